The maximum Gasteiger partial charge on any atom is 0.510 e. The van der Waals surface area contributed by atoms with E-state index < -0.39 is 59.1 Å². The fourth-order valence-electron chi connectivity index (χ4n) is 2.21. The second-order valence-electron chi connectivity index (χ2n) is 5.66. The average Bonchev–Trinajstić information content (AvgIpc) is 2.91. The molecule has 6 unspecified atom stereocenters. The lowest BCUT2D eigenvalue weighted by Crippen LogP contribution is -2.36. The first-order chi connectivity index (χ1) is 14.0. The lowest BCUT2D eigenvalue weighted by atomic mass is 10.1. The number of nitrogens with two attached hydrogens (primary N) is 2. The van der Waals surface area contributed by atoms with Gasteiger partial charge >= 0.3 is 21.3 Å². The first kappa shape index (κ1) is 25.0. The molecule has 0 aliphatic carbocycles. The molecule has 6 atom stereocenters. The zero-order valence-corrected chi connectivity index (χ0v) is 16.8. The zero-order chi connectivity index (χ0) is 22.5. The van der Waals surface area contributed by atoms with Gasteiger partial charge in [-0.25, -0.2) is 18.8 Å². The van der Waals surface area contributed by atoms with Crippen LogP contribution in [0.4, 0.5) is 5.82 Å². The summed E-state index contributed by atoms with van der Waals surface area (Å²) in [5.74, 6) is -0.0637. The number of phosphoric ester groups is 1. The summed E-state index contributed by atoms with van der Waals surface area (Å²) in [6.07, 6.45) is -4.58. The van der Waals surface area contributed by atoms with Crippen molar-refractivity contribution >= 4 is 21.5 Å². The van der Waals surface area contributed by atoms with Crippen LogP contribution in [0.1, 0.15) is 6.23 Å². The van der Waals surface area contributed by atoms with Crippen molar-refractivity contribution in [2.24, 2.45) is 5.73 Å². The predicted molar refractivity (Wildman–Crippen MR) is 92.7 cm³/mol. The van der Waals surface area contributed by atoms with E-state index in [4.69, 9.17) is 16.2 Å². The van der Waals surface area contributed by atoms with Crippen molar-refractivity contribution in [3.8, 4) is 0 Å². The molecular formula is C11H20N4O13P2. The molecule has 0 amide bonds. The van der Waals surface area contributed by atoms with E-state index in [1.807, 2.05) is 0 Å². The lowest BCUT2D eigenvalue weighted by Gasteiger charge is -2.17. The van der Waals surface area contributed by atoms with Crippen LogP contribution in [-0.2, 0) is 37.3 Å². The summed E-state index contributed by atoms with van der Waals surface area (Å²) in [5, 5.41) is 24.0. The minimum atomic E-state index is -5.26. The average molecular weight is 478 g/mol. The van der Waals surface area contributed by atoms with Crippen LogP contribution in [0.5, 0.6) is 0 Å². The Morgan fingerprint density at radius 1 is 1.23 bits per heavy atom. The third-order valence-electron chi connectivity index (χ3n) is 3.45. The van der Waals surface area contributed by atoms with Crippen molar-refractivity contribution in [1.29, 1.82) is 0 Å². The van der Waals surface area contributed by atoms with Gasteiger partial charge in [0.25, 0.3) is 0 Å². The fourth-order valence-corrected chi connectivity index (χ4v) is 4.00. The van der Waals surface area contributed by atoms with Crippen molar-refractivity contribution < 1.29 is 57.3 Å². The largest absolute Gasteiger partial charge is 0.510 e. The maximum atomic E-state index is 11.8. The first-order valence-electron chi connectivity index (χ1n) is 8.01. The Morgan fingerprint density at radius 2 is 1.93 bits per heavy atom. The molecule has 8 N–H and O–H groups in total. The van der Waals surface area contributed by atoms with Crippen molar-refractivity contribution in [2.45, 2.75) is 24.5 Å². The Kier molecular flexibility index (Phi) is 8.60. The first-order valence-corrected chi connectivity index (χ1v) is 11.0. The number of aliphatic hydroxyl groups is 2. The van der Waals surface area contributed by atoms with Gasteiger partial charge in [0.05, 0.1) is 6.61 Å². The lowest BCUT2D eigenvalue weighted by molar-refractivity contribution is -0.476. The van der Waals surface area contributed by atoms with Crippen LogP contribution in [0.3, 0.4) is 0 Å². The smallest absolute Gasteiger partial charge is 0.387 e. The molecule has 2 rings (SSSR count). The Labute approximate surface area is 167 Å². The Morgan fingerprint density at radius 3 is 2.57 bits per heavy atom. The van der Waals surface area contributed by atoms with Gasteiger partial charge in [0.15, 0.2) is 6.23 Å². The SMILES string of the molecule is NCCOP(=O)(O)OP(=O)(O)OOOCC1OC(n2ccc(N)nc2=O)C(O)C1O. The Bertz CT molecular complexity index is 868. The molecule has 0 radical (unpaired) electrons. The Balaban J connectivity index is 1.85. The van der Waals surface area contributed by atoms with Gasteiger partial charge in [-0.05, 0) is 6.07 Å². The molecule has 1 saturated heterocycles. The molecule has 1 aromatic heterocycles. The number of hydrogen-bond acceptors (Lipinski definition) is 14. The summed E-state index contributed by atoms with van der Waals surface area (Å²) in [7, 11) is -10.2. The molecule has 1 aliphatic heterocycles. The molecule has 1 aromatic rings. The molecule has 1 aliphatic rings. The van der Waals surface area contributed by atoms with E-state index >= 15 is 0 Å². The summed E-state index contributed by atoms with van der Waals surface area (Å²) < 4.78 is 41.0. The number of aliphatic hydroxyl groups excluding tert-OH is 2. The number of anilines is 1. The standard InChI is InChI=1S/C11H20N4O13P2/c12-2-4-24-29(19,20)28-30(21,22)27-26-23-5-6-8(16)9(17)10(25-6)15-3-1-7(13)14-11(15)18/h1,3,6,8-10,16-17H,2,4-5,12H2,(H,19,20)(H,21,22)(H2,13,14,18). The van der Waals surface area contributed by atoms with Crippen molar-refractivity contribution in [3.05, 3.63) is 22.7 Å². The van der Waals surface area contributed by atoms with E-state index in [1.54, 1.807) is 0 Å². The molecule has 0 aromatic carbocycles. The van der Waals surface area contributed by atoms with Gasteiger partial charge in [-0.15, -0.1) is 0 Å². The second kappa shape index (κ2) is 10.3. The molecule has 0 spiro atoms. The normalized spacial score (nSPS) is 28.2. The number of nitrogens with zero attached hydrogens (tertiary/aromatic N) is 2. The molecular weight excluding hydrogens is 458 g/mol. The molecule has 0 bridgehead atoms. The highest BCUT2D eigenvalue weighted by atomic mass is 31.3. The minimum absolute atomic E-state index is 0.0637. The summed E-state index contributed by atoms with van der Waals surface area (Å²) >= 11 is 0. The fraction of sp³-hybridized carbons (Fsp3) is 0.636. The maximum absolute atomic E-state index is 11.8. The number of hydrogen-bond donors (Lipinski definition) is 6. The van der Waals surface area contributed by atoms with Crippen molar-refractivity contribution in [1.82, 2.24) is 9.55 Å². The molecule has 19 heteroatoms. The summed E-state index contributed by atoms with van der Waals surface area (Å²) in [5.41, 5.74) is 9.56. The topological polar surface area (TPSA) is 257 Å². The van der Waals surface area contributed by atoms with Gasteiger partial charge in [-0.1, -0.05) is 9.71 Å². The third-order valence-corrected chi connectivity index (χ3v) is 5.86. The van der Waals surface area contributed by atoms with Gasteiger partial charge < -0.3 is 36.2 Å². The molecule has 2 heterocycles. The van der Waals surface area contributed by atoms with Crippen LogP contribution in [0.15, 0.2) is 17.1 Å². The quantitative estimate of drug-likeness (QED) is 0.0832. The van der Waals surface area contributed by atoms with Gasteiger partial charge in [-0.2, -0.15) is 9.29 Å². The van der Waals surface area contributed by atoms with Crippen LogP contribution in [-0.4, -0.2) is 67.6 Å². The second-order valence-corrected chi connectivity index (χ2v) is 8.59. The van der Waals surface area contributed by atoms with Crippen molar-refractivity contribution in [3.63, 3.8) is 0 Å². The monoisotopic (exact) mass is 478 g/mol. The van der Waals surface area contributed by atoms with Gasteiger partial charge in [-0.3, -0.25) is 9.09 Å². The van der Waals surface area contributed by atoms with Gasteiger partial charge in [0.2, 0.25) is 0 Å². The summed E-state index contributed by atoms with van der Waals surface area (Å²) in [6, 6.07) is 1.26. The predicted octanol–water partition coefficient (Wildman–Crippen LogP) is -2.48. The molecule has 172 valence electrons. The van der Waals surface area contributed by atoms with E-state index in [0.717, 1.165) is 4.57 Å². The highest BCUT2D eigenvalue weighted by Crippen LogP contribution is 2.60. The summed E-state index contributed by atoms with van der Waals surface area (Å²) in [6.45, 7) is -1.29. The number of rotatable bonds is 11. The van der Waals surface area contributed by atoms with E-state index in [1.165, 1.54) is 12.3 Å². The van der Waals surface area contributed by atoms with Crippen LogP contribution in [0.2, 0.25) is 0 Å². The number of phosphoric acid groups is 2. The summed E-state index contributed by atoms with van der Waals surface area (Å²) in [4.78, 5) is 38.1. The minimum Gasteiger partial charge on any atom is -0.387 e. The molecule has 0 saturated carbocycles. The van der Waals surface area contributed by atoms with Crippen molar-refractivity contribution in [2.75, 3.05) is 25.5 Å². The number of ether oxygens (including phenoxy) is 1. The van der Waals surface area contributed by atoms with Gasteiger partial charge in [0, 0.05) is 12.7 Å². The number of nitrogen functional groups attached to an aromatic ring is 1. The van der Waals surface area contributed by atoms with Crippen LogP contribution < -0.4 is 17.2 Å². The zero-order valence-electron chi connectivity index (χ0n) is 15.0. The number of aromatic nitrogens is 2. The Hall–Kier alpha value is -1.30. The van der Waals surface area contributed by atoms with E-state index in [-0.39, 0.29) is 12.4 Å². The highest BCUT2D eigenvalue weighted by molar-refractivity contribution is 7.61. The van der Waals surface area contributed by atoms with Crippen LogP contribution in [0.25, 0.3) is 0 Å². The van der Waals surface area contributed by atoms with Gasteiger partial charge in [0.1, 0.15) is 30.7 Å². The van der Waals surface area contributed by atoms with Crippen LogP contribution >= 0.6 is 15.6 Å². The van der Waals surface area contributed by atoms with Crippen LogP contribution in [0, 0.1) is 0 Å². The highest BCUT2D eigenvalue weighted by Gasteiger charge is 2.44. The molecule has 30 heavy (non-hydrogen) atoms. The van der Waals surface area contributed by atoms with E-state index in [2.05, 4.69) is 28.4 Å². The molecule has 17 nitrogen and oxygen atoms in total. The van der Waals surface area contributed by atoms with E-state index in [9.17, 15) is 33.9 Å². The third kappa shape index (κ3) is 6.86. The molecule has 1 fully saturated rings. The van der Waals surface area contributed by atoms with E-state index in [0.29, 0.717) is 0 Å².